The number of hydrogen-bond acceptors (Lipinski definition) is 3. The van der Waals surface area contributed by atoms with Crippen LogP contribution in [0.2, 0.25) is 0 Å². The fourth-order valence-electron chi connectivity index (χ4n) is 2.99. The van der Waals surface area contributed by atoms with Crippen LogP contribution in [-0.2, 0) is 0 Å². The minimum Gasteiger partial charge on any atom is -0.334 e. The second kappa shape index (κ2) is 5.53. The smallest absolute Gasteiger partial charge is 0.254 e. The average molecular weight is 279 g/mol. The number of pyridine rings is 1. The molecule has 1 aromatic heterocycles. The summed E-state index contributed by atoms with van der Waals surface area (Å²) in [5, 5.41) is 13.4. The molecule has 4 nitrogen and oxygen atoms in total. The molecule has 0 bridgehead atoms. The molecule has 1 amide bonds. The average Bonchev–Trinajstić information content (AvgIpc) is 2.55. The number of nitrogens with zero attached hydrogens (tertiary/aromatic N) is 2. The summed E-state index contributed by atoms with van der Waals surface area (Å²) in [7, 11) is 0. The van der Waals surface area contributed by atoms with E-state index in [1.54, 1.807) is 12.3 Å². The van der Waals surface area contributed by atoms with E-state index in [2.05, 4.69) is 16.4 Å². The highest BCUT2D eigenvalue weighted by molar-refractivity contribution is 6.05. The van der Waals surface area contributed by atoms with Crippen molar-refractivity contribution in [2.24, 2.45) is 0 Å². The molecule has 0 atom stereocenters. The van der Waals surface area contributed by atoms with Crippen molar-refractivity contribution in [1.82, 2.24) is 10.3 Å². The van der Waals surface area contributed by atoms with E-state index in [-0.39, 0.29) is 5.91 Å². The zero-order valence-corrected chi connectivity index (χ0v) is 11.8. The fourth-order valence-corrected chi connectivity index (χ4v) is 2.99. The van der Waals surface area contributed by atoms with E-state index < -0.39 is 5.54 Å². The maximum absolute atomic E-state index is 12.6. The molecule has 1 fully saturated rings. The summed E-state index contributed by atoms with van der Waals surface area (Å²) in [6, 6.07) is 11.6. The van der Waals surface area contributed by atoms with Crippen molar-refractivity contribution < 1.29 is 4.79 Å². The first-order valence-electron chi connectivity index (χ1n) is 7.32. The highest BCUT2D eigenvalue weighted by Gasteiger charge is 2.34. The van der Waals surface area contributed by atoms with Crippen LogP contribution in [-0.4, -0.2) is 16.4 Å². The first-order valence-corrected chi connectivity index (χ1v) is 7.32. The SMILES string of the molecule is N#CC1(NC(=O)c2cccc3cccnc23)CCCCC1. The van der Waals surface area contributed by atoms with Gasteiger partial charge in [-0.2, -0.15) is 5.26 Å². The topological polar surface area (TPSA) is 65.8 Å². The molecule has 0 spiro atoms. The Labute approximate surface area is 123 Å². The lowest BCUT2D eigenvalue weighted by Gasteiger charge is -2.31. The number of fused-ring (bicyclic) bond motifs is 1. The molecule has 0 saturated heterocycles. The summed E-state index contributed by atoms with van der Waals surface area (Å²) in [5.41, 5.74) is 0.501. The number of amides is 1. The van der Waals surface area contributed by atoms with Gasteiger partial charge in [0.05, 0.1) is 17.1 Å². The Morgan fingerprint density at radius 2 is 1.95 bits per heavy atom. The van der Waals surface area contributed by atoms with E-state index in [0.717, 1.165) is 37.5 Å². The van der Waals surface area contributed by atoms with Crippen LogP contribution < -0.4 is 5.32 Å². The number of carbonyl (C=O) groups is 1. The predicted molar refractivity (Wildman–Crippen MR) is 80.6 cm³/mol. The number of hydrogen-bond donors (Lipinski definition) is 1. The van der Waals surface area contributed by atoms with Gasteiger partial charge in [0, 0.05) is 11.6 Å². The molecule has 0 aliphatic heterocycles. The third kappa shape index (κ3) is 2.59. The van der Waals surface area contributed by atoms with E-state index in [4.69, 9.17) is 0 Å². The molecule has 2 aromatic rings. The Bertz CT molecular complexity index is 706. The quantitative estimate of drug-likeness (QED) is 0.918. The van der Waals surface area contributed by atoms with Crippen LogP contribution in [0.1, 0.15) is 42.5 Å². The molecule has 1 aromatic carbocycles. The van der Waals surface area contributed by atoms with Gasteiger partial charge in [-0.05, 0) is 25.0 Å². The lowest BCUT2D eigenvalue weighted by atomic mass is 9.82. The zero-order valence-electron chi connectivity index (χ0n) is 11.8. The number of aromatic nitrogens is 1. The maximum Gasteiger partial charge on any atom is 0.254 e. The zero-order chi connectivity index (χ0) is 14.7. The maximum atomic E-state index is 12.6. The highest BCUT2D eigenvalue weighted by Crippen LogP contribution is 2.28. The Morgan fingerprint density at radius 1 is 1.19 bits per heavy atom. The minimum atomic E-state index is -0.716. The highest BCUT2D eigenvalue weighted by atomic mass is 16.1. The van der Waals surface area contributed by atoms with E-state index in [9.17, 15) is 10.1 Å². The number of rotatable bonds is 2. The minimum absolute atomic E-state index is 0.206. The van der Waals surface area contributed by atoms with Crippen molar-refractivity contribution >= 4 is 16.8 Å². The van der Waals surface area contributed by atoms with Crippen molar-refractivity contribution in [2.45, 2.75) is 37.6 Å². The van der Waals surface area contributed by atoms with Crippen LogP contribution in [0.4, 0.5) is 0 Å². The first kappa shape index (κ1) is 13.6. The van der Waals surface area contributed by atoms with Gasteiger partial charge in [0.25, 0.3) is 5.91 Å². The van der Waals surface area contributed by atoms with Gasteiger partial charge >= 0.3 is 0 Å². The molecule has 0 unspecified atom stereocenters. The number of para-hydroxylation sites is 1. The molecule has 1 aliphatic rings. The van der Waals surface area contributed by atoms with Crippen molar-refractivity contribution in [3.8, 4) is 6.07 Å². The first-order chi connectivity index (χ1) is 10.2. The normalized spacial score (nSPS) is 17.1. The van der Waals surface area contributed by atoms with Gasteiger partial charge in [-0.25, -0.2) is 0 Å². The van der Waals surface area contributed by atoms with Crippen LogP contribution in [0.3, 0.4) is 0 Å². The van der Waals surface area contributed by atoms with Crippen LogP contribution in [0.5, 0.6) is 0 Å². The number of nitriles is 1. The summed E-state index contributed by atoms with van der Waals surface area (Å²) < 4.78 is 0. The summed E-state index contributed by atoms with van der Waals surface area (Å²) in [6.07, 6.45) is 6.25. The van der Waals surface area contributed by atoms with E-state index in [1.807, 2.05) is 24.3 Å². The molecule has 1 saturated carbocycles. The summed E-state index contributed by atoms with van der Waals surface area (Å²) in [5.74, 6) is -0.206. The third-order valence-corrected chi connectivity index (χ3v) is 4.15. The van der Waals surface area contributed by atoms with E-state index in [0.29, 0.717) is 11.1 Å². The standard InChI is InChI=1S/C17H17N3O/c18-12-17(9-2-1-3-10-17)20-16(21)14-8-4-6-13-7-5-11-19-15(13)14/h4-8,11H,1-3,9-10H2,(H,20,21). The number of benzene rings is 1. The molecule has 3 rings (SSSR count). The van der Waals surface area contributed by atoms with Gasteiger partial charge < -0.3 is 5.32 Å². The van der Waals surface area contributed by atoms with Crippen LogP contribution in [0, 0.1) is 11.3 Å². The molecule has 1 heterocycles. The van der Waals surface area contributed by atoms with Gasteiger partial charge in [0.2, 0.25) is 0 Å². The van der Waals surface area contributed by atoms with Gasteiger partial charge in [0.15, 0.2) is 0 Å². The van der Waals surface area contributed by atoms with Gasteiger partial charge in [-0.3, -0.25) is 9.78 Å². The summed E-state index contributed by atoms with van der Waals surface area (Å²) >= 11 is 0. The molecule has 106 valence electrons. The summed E-state index contributed by atoms with van der Waals surface area (Å²) in [6.45, 7) is 0. The Balaban J connectivity index is 1.92. The Kier molecular flexibility index (Phi) is 3.57. The van der Waals surface area contributed by atoms with E-state index >= 15 is 0 Å². The third-order valence-electron chi connectivity index (χ3n) is 4.15. The fraction of sp³-hybridized carbons (Fsp3) is 0.353. The number of nitrogens with one attached hydrogen (secondary N) is 1. The van der Waals surface area contributed by atoms with Crippen LogP contribution in [0.15, 0.2) is 36.5 Å². The van der Waals surface area contributed by atoms with Crippen molar-refractivity contribution in [2.75, 3.05) is 0 Å². The van der Waals surface area contributed by atoms with Gasteiger partial charge in [0.1, 0.15) is 5.54 Å². The largest absolute Gasteiger partial charge is 0.334 e. The second-order valence-electron chi connectivity index (χ2n) is 5.59. The van der Waals surface area contributed by atoms with Crippen molar-refractivity contribution in [3.05, 3.63) is 42.1 Å². The van der Waals surface area contributed by atoms with Crippen LogP contribution in [0.25, 0.3) is 10.9 Å². The summed E-state index contributed by atoms with van der Waals surface area (Å²) in [4.78, 5) is 16.9. The number of carbonyl (C=O) groups excluding carboxylic acids is 1. The molecule has 1 aliphatic carbocycles. The van der Waals surface area contributed by atoms with Gasteiger partial charge in [-0.15, -0.1) is 0 Å². The molecule has 0 radical (unpaired) electrons. The van der Waals surface area contributed by atoms with Gasteiger partial charge in [-0.1, -0.05) is 37.5 Å². The monoisotopic (exact) mass is 279 g/mol. The molecular weight excluding hydrogens is 262 g/mol. The lowest BCUT2D eigenvalue weighted by Crippen LogP contribution is -2.48. The molecule has 1 N–H and O–H groups in total. The van der Waals surface area contributed by atoms with Crippen LogP contribution >= 0.6 is 0 Å². The van der Waals surface area contributed by atoms with Crippen molar-refractivity contribution in [1.29, 1.82) is 5.26 Å². The molecule has 21 heavy (non-hydrogen) atoms. The second-order valence-corrected chi connectivity index (χ2v) is 5.59. The van der Waals surface area contributed by atoms with Crippen molar-refractivity contribution in [3.63, 3.8) is 0 Å². The van der Waals surface area contributed by atoms with E-state index in [1.165, 1.54) is 0 Å². The lowest BCUT2D eigenvalue weighted by molar-refractivity contribution is 0.0904. The molecule has 4 heteroatoms. The molecular formula is C17H17N3O. The predicted octanol–water partition coefficient (Wildman–Crippen LogP) is 3.19. The Morgan fingerprint density at radius 3 is 2.71 bits per heavy atom. The Hall–Kier alpha value is -2.41.